The lowest BCUT2D eigenvalue weighted by molar-refractivity contribution is -0.134. The fourth-order valence-corrected chi connectivity index (χ4v) is 13.5. The maximum Gasteiger partial charge on any atom is 0.261 e. The van der Waals surface area contributed by atoms with Crippen molar-refractivity contribution < 1.29 is 45.6 Å². The average Bonchev–Trinajstić information content (AvgIpc) is 1.56. The smallest absolute Gasteiger partial charge is 0.261 e. The lowest BCUT2D eigenvalue weighted by Gasteiger charge is -2.42. The van der Waals surface area contributed by atoms with Crippen molar-refractivity contribution in [2.45, 2.75) is 253 Å². The molecule has 2 N–H and O–H groups in total. The normalized spacial score (nSPS) is 14.1. The van der Waals surface area contributed by atoms with Gasteiger partial charge in [-0.1, -0.05) is 137 Å². The van der Waals surface area contributed by atoms with E-state index in [4.69, 9.17) is 46.5 Å². The zero-order valence-electron chi connectivity index (χ0n) is 59.2. The van der Waals surface area contributed by atoms with Gasteiger partial charge in [-0.15, -0.1) is 0 Å². The average molecular weight is 1280 g/mol. The first-order chi connectivity index (χ1) is 38.1. The Kier molecular flexibility index (Phi) is 22.2. The molecule has 4 aromatic rings. The van der Waals surface area contributed by atoms with Crippen molar-refractivity contribution in [3.05, 3.63) is 89.0 Å². The predicted molar refractivity (Wildman–Crippen MR) is 372 cm³/mol. The second kappa shape index (κ2) is 25.7. The van der Waals surface area contributed by atoms with E-state index in [0.29, 0.717) is 51.7 Å². The van der Waals surface area contributed by atoms with Gasteiger partial charge in [-0.25, -0.2) is 0 Å². The monoisotopic (exact) mass is 1280 g/mol. The molecular weight excluding hydrogens is 1160 g/mol. The van der Waals surface area contributed by atoms with E-state index in [-0.39, 0.29) is 55.8 Å². The molecule has 0 bridgehead atoms. The first kappa shape index (κ1) is 73.3. The van der Waals surface area contributed by atoms with Crippen LogP contribution in [-0.2, 0) is 17.9 Å². The maximum absolute atomic E-state index is 15.5. The van der Waals surface area contributed by atoms with Gasteiger partial charge >= 0.3 is 0 Å². The van der Waals surface area contributed by atoms with E-state index in [1.807, 2.05) is 47.4 Å². The fourth-order valence-electron chi connectivity index (χ4n) is 7.41. The quantitative estimate of drug-likeness (QED) is 0.0713. The van der Waals surface area contributed by atoms with Crippen molar-refractivity contribution in [2.24, 2.45) is 5.73 Å². The van der Waals surface area contributed by atoms with Crippen LogP contribution in [0.25, 0.3) is 0 Å². The van der Waals surface area contributed by atoms with Gasteiger partial charge in [-0.3, -0.25) is 4.79 Å². The van der Waals surface area contributed by atoms with Gasteiger partial charge in [0.05, 0.1) is 20.3 Å². The van der Waals surface area contributed by atoms with Crippen LogP contribution in [0.2, 0.25) is 109 Å². The van der Waals surface area contributed by atoms with Gasteiger partial charge < -0.3 is 51.4 Å². The van der Waals surface area contributed by atoms with Crippen LogP contribution in [0.3, 0.4) is 0 Å². The van der Waals surface area contributed by atoms with Gasteiger partial charge in [-0.2, -0.15) is 0 Å². The molecule has 0 saturated heterocycles. The van der Waals surface area contributed by atoms with E-state index >= 15 is 4.79 Å². The Labute approximate surface area is 523 Å². The van der Waals surface area contributed by atoms with Crippen molar-refractivity contribution in [1.82, 2.24) is 4.90 Å². The number of amides is 1. The highest BCUT2D eigenvalue weighted by molar-refractivity contribution is 6.77. The highest BCUT2D eigenvalue weighted by atomic mass is 28.4. The van der Waals surface area contributed by atoms with Crippen LogP contribution in [-0.4, -0.2) is 81.5 Å². The molecule has 478 valence electrons. The van der Waals surface area contributed by atoms with Gasteiger partial charge in [0, 0.05) is 24.7 Å². The number of benzene rings is 4. The van der Waals surface area contributed by atoms with Crippen molar-refractivity contribution in [3.8, 4) is 51.7 Å². The number of hydrogen-bond acceptors (Lipinski definition) is 11. The highest BCUT2D eigenvalue weighted by Gasteiger charge is 2.48. The van der Waals surface area contributed by atoms with Crippen molar-refractivity contribution in [2.75, 3.05) is 20.8 Å². The highest BCUT2D eigenvalue weighted by Crippen LogP contribution is 2.53. The van der Waals surface area contributed by atoms with Gasteiger partial charge in [0.15, 0.2) is 18.1 Å². The maximum atomic E-state index is 15.5. The molecule has 0 aromatic heterocycles. The molecule has 4 aromatic carbocycles. The Balaban J connectivity index is 2.09. The Morgan fingerprint density at radius 2 is 0.706 bits per heavy atom. The van der Waals surface area contributed by atoms with Crippen LogP contribution in [0.1, 0.15) is 153 Å². The Morgan fingerprint density at radius 3 is 0.988 bits per heavy atom. The molecule has 1 atom stereocenters. The SMILES string of the molecule is COc1ccc(C(N)c2ccc(OCC(=O)N(Cc3cc(O[Si](C)(C)C(C)(C)C)c(O[Si](C)(C)C(C)(C)C)c(O[Si](C)(C)C(C)(C)C)c3)Cc3cc(O[Si](C)(C)C(C)(C)C)c(O[Si](C)(C)C(C)(C)C)c(O[Si](C)(C)C(C)(C)C)c3)cc2)c(OC)c1. The lowest BCUT2D eigenvalue weighted by Crippen LogP contribution is -2.47. The molecule has 0 heterocycles. The number of nitrogens with two attached hydrogens (primary N) is 1. The summed E-state index contributed by atoms with van der Waals surface area (Å²) in [6, 6.07) is 21.1. The third kappa shape index (κ3) is 18.0. The first-order valence-corrected chi connectivity index (χ1v) is 48.0. The van der Waals surface area contributed by atoms with E-state index in [9.17, 15) is 0 Å². The van der Waals surface area contributed by atoms with Gasteiger partial charge in [0.25, 0.3) is 55.8 Å². The number of nitrogens with zero attached hydrogens (tertiary/aromatic N) is 1. The third-order valence-electron chi connectivity index (χ3n) is 19.6. The molecule has 0 fully saturated rings. The number of ether oxygens (including phenoxy) is 3. The van der Waals surface area contributed by atoms with Crippen molar-refractivity contribution >= 4 is 55.8 Å². The molecule has 4 rings (SSSR count). The first-order valence-electron chi connectivity index (χ1n) is 30.6. The number of rotatable bonds is 23. The van der Waals surface area contributed by atoms with Crippen LogP contribution in [0.5, 0.6) is 51.7 Å². The summed E-state index contributed by atoms with van der Waals surface area (Å²) in [5, 5.41) is -0.816. The molecule has 12 nitrogen and oxygen atoms in total. The molecule has 0 aliphatic heterocycles. The largest absolute Gasteiger partial charge is 0.541 e. The predicted octanol–water partition coefficient (Wildman–Crippen LogP) is 19.7. The zero-order valence-corrected chi connectivity index (χ0v) is 65.2. The van der Waals surface area contributed by atoms with Gasteiger partial charge in [0.2, 0.25) is 0 Å². The molecule has 0 aliphatic rings. The second-order valence-corrected chi connectivity index (χ2v) is 61.1. The van der Waals surface area contributed by atoms with Crippen LogP contribution >= 0.6 is 0 Å². The minimum Gasteiger partial charge on any atom is -0.541 e. The summed E-state index contributed by atoms with van der Waals surface area (Å²) < 4.78 is 62.1. The molecule has 0 saturated carbocycles. The van der Waals surface area contributed by atoms with E-state index in [2.05, 4.69) is 227 Å². The minimum absolute atomic E-state index is 0.126. The van der Waals surface area contributed by atoms with E-state index in [0.717, 1.165) is 22.3 Å². The summed E-state index contributed by atoms with van der Waals surface area (Å²) in [5.41, 5.74) is 10.2. The van der Waals surface area contributed by atoms with Crippen LogP contribution < -0.4 is 46.5 Å². The molecule has 0 spiro atoms. The minimum atomic E-state index is -2.52. The Hall–Kier alpha value is -4.19. The number of methoxy groups -OCH3 is 2. The number of hydrogen-bond donors (Lipinski definition) is 1. The van der Waals surface area contributed by atoms with E-state index in [1.165, 1.54) is 0 Å². The van der Waals surface area contributed by atoms with Crippen molar-refractivity contribution in [3.63, 3.8) is 0 Å². The number of carbonyl (C=O) groups is 1. The fraction of sp³-hybridized carbons (Fsp3) is 0.627. The summed E-state index contributed by atoms with van der Waals surface area (Å²) in [7, 11) is -11.9. The van der Waals surface area contributed by atoms with Gasteiger partial charge in [-0.05, 0) is 174 Å². The summed E-state index contributed by atoms with van der Waals surface area (Å²) in [6.07, 6.45) is 0. The molecule has 85 heavy (non-hydrogen) atoms. The Morgan fingerprint density at radius 1 is 0.412 bits per heavy atom. The topological polar surface area (TPSA) is 129 Å². The summed E-state index contributed by atoms with van der Waals surface area (Å²) in [6.45, 7) is 67.8. The van der Waals surface area contributed by atoms with Crippen LogP contribution in [0.15, 0.2) is 66.7 Å². The standard InChI is InChI=1S/C67H116N2O10Si6/c1-62(2,3)80(21,22)74-54-39-47(40-55(75-81(23,24)63(4,5)6)60(54)78-84(29,30)66(13,14)15)44-69(58(70)46-73-50-35-33-49(34-36-50)59(68)52-38-37-51(71-19)43-53(52)72-20)45-48-41-56(76-82(25,26)64(7,8)9)61(79-85(31,32)67(16,17)18)57(42-48)77-83(27,28)65(10,11)12/h33-43,59H,44-46,68H2,1-32H3. The molecule has 1 unspecified atom stereocenters. The molecule has 18 heteroatoms. The van der Waals surface area contributed by atoms with Gasteiger partial charge in [0.1, 0.15) is 40.2 Å². The summed E-state index contributed by atoms with van der Waals surface area (Å²) in [5.74, 6) is 5.42. The number of carbonyl (C=O) groups excluding carboxylic acids is 1. The van der Waals surface area contributed by atoms with Crippen LogP contribution in [0.4, 0.5) is 0 Å². The summed E-state index contributed by atoms with van der Waals surface area (Å²) >= 11 is 0. The second-order valence-electron chi connectivity index (χ2n) is 32.7. The zero-order chi connectivity index (χ0) is 65.5. The molecule has 0 radical (unpaired) electrons. The van der Waals surface area contributed by atoms with E-state index in [1.54, 1.807) is 14.2 Å². The summed E-state index contributed by atoms with van der Waals surface area (Å²) in [4.78, 5) is 17.4. The lowest BCUT2D eigenvalue weighted by atomic mass is 9.98. The Bertz CT molecular complexity index is 2700. The molecule has 0 aliphatic carbocycles. The molecule has 1 amide bonds. The van der Waals surface area contributed by atoms with Crippen LogP contribution in [0, 0.1) is 0 Å². The molecular formula is C67H116N2O10Si6. The van der Waals surface area contributed by atoms with E-state index < -0.39 is 55.9 Å². The van der Waals surface area contributed by atoms with Crippen molar-refractivity contribution in [1.29, 1.82) is 0 Å². The third-order valence-corrected chi connectivity index (χ3v) is 45.7.